The van der Waals surface area contributed by atoms with Crippen LogP contribution in [0.25, 0.3) is 0 Å². The van der Waals surface area contributed by atoms with E-state index < -0.39 is 18.2 Å². The second-order valence-corrected chi connectivity index (χ2v) is 4.03. The first-order valence-electron chi connectivity index (χ1n) is 4.81. The summed E-state index contributed by atoms with van der Waals surface area (Å²) < 4.78 is 38.9. The lowest BCUT2D eigenvalue weighted by Crippen LogP contribution is -2.45. The highest BCUT2D eigenvalue weighted by molar-refractivity contribution is 6.30. The number of halogens is 4. The summed E-state index contributed by atoms with van der Waals surface area (Å²) in [5, 5.41) is 9.45. The van der Waals surface area contributed by atoms with Crippen molar-refractivity contribution in [2.75, 3.05) is 6.61 Å². The number of aliphatic hydroxyl groups excluding tert-OH is 1. The number of hydrogen-bond acceptors (Lipinski definition) is 1. The maximum Gasteiger partial charge on any atom is 0.400 e. The van der Waals surface area contributed by atoms with Gasteiger partial charge in [-0.05, 0) is 24.1 Å². The van der Waals surface area contributed by atoms with E-state index in [1.54, 1.807) is 0 Å². The molecule has 0 saturated carbocycles. The Hall–Kier alpha value is -0.740. The van der Waals surface area contributed by atoms with Crippen molar-refractivity contribution in [3.63, 3.8) is 0 Å². The zero-order valence-electron chi connectivity index (χ0n) is 8.68. The highest BCUT2D eigenvalue weighted by atomic mass is 35.5. The van der Waals surface area contributed by atoms with E-state index >= 15 is 0 Å². The molecule has 0 aliphatic carbocycles. The second kappa shape index (κ2) is 4.63. The van der Waals surface area contributed by atoms with Crippen LogP contribution < -0.4 is 0 Å². The lowest BCUT2D eigenvalue weighted by atomic mass is 9.78. The third-order valence-corrected chi connectivity index (χ3v) is 3.06. The van der Waals surface area contributed by atoms with Gasteiger partial charge in [-0.2, -0.15) is 13.2 Å². The monoisotopic (exact) mass is 252 g/mol. The molecule has 0 heterocycles. The van der Waals surface area contributed by atoms with E-state index in [-0.39, 0.29) is 12.0 Å². The third kappa shape index (κ3) is 2.18. The Balaban J connectivity index is 3.26. The van der Waals surface area contributed by atoms with E-state index in [0.717, 1.165) is 0 Å². The Labute approximate surface area is 96.9 Å². The van der Waals surface area contributed by atoms with E-state index in [1.165, 1.54) is 31.2 Å². The topological polar surface area (TPSA) is 20.2 Å². The van der Waals surface area contributed by atoms with Crippen molar-refractivity contribution in [3.8, 4) is 0 Å². The Bertz CT molecular complexity index is 341. The van der Waals surface area contributed by atoms with Gasteiger partial charge in [0.25, 0.3) is 0 Å². The largest absolute Gasteiger partial charge is 0.400 e. The molecular weight excluding hydrogens is 241 g/mol. The molecule has 0 amide bonds. The maximum absolute atomic E-state index is 13.0. The number of aliphatic hydroxyl groups is 1. The summed E-state index contributed by atoms with van der Waals surface area (Å²) in [7, 11) is 0. The molecule has 0 bridgehead atoms. The Morgan fingerprint density at radius 3 is 2.00 bits per heavy atom. The summed E-state index contributed by atoms with van der Waals surface area (Å²) in [6.07, 6.45) is -4.70. The molecule has 1 unspecified atom stereocenters. The number of benzene rings is 1. The fourth-order valence-electron chi connectivity index (χ4n) is 1.63. The second-order valence-electron chi connectivity index (χ2n) is 3.60. The summed E-state index contributed by atoms with van der Waals surface area (Å²) in [6, 6.07) is 5.39. The normalized spacial score (nSPS) is 15.9. The quantitative estimate of drug-likeness (QED) is 0.872. The van der Waals surface area contributed by atoms with Crippen molar-refractivity contribution < 1.29 is 18.3 Å². The van der Waals surface area contributed by atoms with Crippen molar-refractivity contribution in [1.29, 1.82) is 0 Å². The molecule has 1 rings (SSSR count). The first kappa shape index (κ1) is 13.3. The first-order chi connectivity index (χ1) is 7.37. The molecule has 0 fully saturated rings. The van der Waals surface area contributed by atoms with Crippen LogP contribution in [0, 0.1) is 0 Å². The first-order valence-corrected chi connectivity index (χ1v) is 5.19. The van der Waals surface area contributed by atoms with Crippen LogP contribution in [0.2, 0.25) is 5.02 Å². The van der Waals surface area contributed by atoms with Crippen molar-refractivity contribution in [1.82, 2.24) is 0 Å². The van der Waals surface area contributed by atoms with E-state index in [4.69, 9.17) is 16.7 Å². The zero-order valence-corrected chi connectivity index (χ0v) is 9.44. The molecule has 5 heteroatoms. The smallest absolute Gasteiger partial charge is 0.395 e. The van der Waals surface area contributed by atoms with E-state index in [2.05, 4.69) is 0 Å². The van der Waals surface area contributed by atoms with Gasteiger partial charge in [0.2, 0.25) is 0 Å². The van der Waals surface area contributed by atoms with Crippen LogP contribution in [0.4, 0.5) is 13.2 Å². The minimum Gasteiger partial charge on any atom is -0.395 e. The lowest BCUT2D eigenvalue weighted by Gasteiger charge is -2.33. The molecule has 0 aliphatic heterocycles. The van der Waals surface area contributed by atoms with Gasteiger partial charge in [0.05, 0.1) is 6.61 Å². The van der Waals surface area contributed by atoms with Crippen LogP contribution in [-0.4, -0.2) is 17.9 Å². The molecule has 1 aromatic carbocycles. The van der Waals surface area contributed by atoms with E-state index in [1.807, 2.05) is 0 Å². The molecule has 0 aliphatic rings. The molecule has 0 saturated heterocycles. The molecule has 1 atom stereocenters. The SMILES string of the molecule is CCC(CO)(c1ccc(Cl)cc1)C(F)(F)F. The Kier molecular flexibility index (Phi) is 3.86. The van der Waals surface area contributed by atoms with Gasteiger partial charge in [0, 0.05) is 5.02 Å². The predicted octanol–water partition coefficient (Wildman–Crippen LogP) is 3.54. The molecule has 90 valence electrons. The summed E-state index contributed by atoms with van der Waals surface area (Å²) in [6.45, 7) is 0.437. The van der Waals surface area contributed by atoms with Crippen LogP contribution in [0.1, 0.15) is 18.9 Å². The van der Waals surface area contributed by atoms with Gasteiger partial charge >= 0.3 is 6.18 Å². The van der Waals surface area contributed by atoms with E-state index in [0.29, 0.717) is 5.02 Å². The van der Waals surface area contributed by atoms with Crippen LogP contribution >= 0.6 is 11.6 Å². The van der Waals surface area contributed by atoms with Crippen LogP contribution in [0.15, 0.2) is 24.3 Å². The molecule has 0 aromatic heterocycles. The summed E-state index contributed by atoms with van der Waals surface area (Å²) in [5.74, 6) is 0. The number of hydrogen-bond donors (Lipinski definition) is 1. The van der Waals surface area contributed by atoms with Crippen molar-refractivity contribution >= 4 is 11.6 Å². The minimum absolute atomic E-state index is 0.0365. The average Bonchev–Trinajstić information content (AvgIpc) is 2.21. The molecule has 1 N–H and O–H groups in total. The van der Waals surface area contributed by atoms with Gasteiger partial charge < -0.3 is 5.11 Å². The number of alkyl halides is 3. The van der Waals surface area contributed by atoms with Gasteiger partial charge in [-0.3, -0.25) is 0 Å². The summed E-state index contributed by atoms with van der Waals surface area (Å²) in [5.41, 5.74) is -2.16. The maximum atomic E-state index is 13.0. The molecule has 1 nitrogen and oxygen atoms in total. The zero-order chi connectivity index (χ0) is 12.4. The van der Waals surface area contributed by atoms with Gasteiger partial charge in [0.15, 0.2) is 0 Å². The molecule has 16 heavy (non-hydrogen) atoms. The number of rotatable bonds is 3. The Morgan fingerprint density at radius 2 is 1.69 bits per heavy atom. The predicted molar refractivity (Wildman–Crippen MR) is 56.6 cm³/mol. The molecule has 1 aromatic rings. The van der Waals surface area contributed by atoms with Crippen LogP contribution in [0.5, 0.6) is 0 Å². The van der Waals surface area contributed by atoms with Gasteiger partial charge in [0.1, 0.15) is 5.41 Å². The molecular formula is C11H12ClF3O. The standard InChI is InChI=1S/C11H12ClF3O/c1-2-10(7-16,11(13,14)15)8-3-5-9(12)6-4-8/h3-6,16H,2,7H2,1H3. The van der Waals surface area contributed by atoms with Gasteiger partial charge in [-0.1, -0.05) is 30.7 Å². The molecule has 0 spiro atoms. The minimum atomic E-state index is -4.48. The average molecular weight is 253 g/mol. The fourth-order valence-corrected chi connectivity index (χ4v) is 1.76. The van der Waals surface area contributed by atoms with Crippen LogP contribution in [-0.2, 0) is 5.41 Å². The summed E-state index contributed by atoms with van der Waals surface area (Å²) in [4.78, 5) is 0. The summed E-state index contributed by atoms with van der Waals surface area (Å²) >= 11 is 5.62. The fraction of sp³-hybridized carbons (Fsp3) is 0.455. The van der Waals surface area contributed by atoms with E-state index in [9.17, 15) is 13.2 Å². The van der Waals surface area contributed by atoms with Crippen LogP contribution in [0.3, 0.4) is 0 Å². The van der Waals surface area contributed by atoms with Crippen molar-refractivity contribution in [3.05, 3.63) is 34.9 Å². The van der Waals surface area contributed by atoms with Crippen molar-refractivity contribution in [2.45, 2.75) is 24.9 Å². The lowest BCUT2D eigenvalue weighted by molar-refractivity contribution is -0.202. The van der Waals surface area contributed by atoms with Gasteiger partial charge in [-0.15, -0.1) is 0 Å². The third-order valence-electron chi connectivity index (χ3n) is 2.81. The van der Waals surface area contributed by atoms with Crippen molar-refractivity contribution in [2.24, 2.45) is 0 Å². The molecule has 0 radical (unpaired) electrons. The Morgan fingerprint density at radius 1 is 1.19 bits per heavy atom. The highest BCUT2D eigenvalue weighted by Gasteiger charge is 2.54. The highest BCUT2D eigenvalue weighted by Crippen LogP contribution is 2.43. The van der Waals surface area contributed by atoms with Gasteiger partial charge in [-0.25, -0.2) is 0 Å².